The van der Waals surface area contributed by atoms with Crippen molar-refractivity contribution in [1.82, 2.24) is 0 Å². The third-order valence-electron chi connectivity index (χ3n) is 3.06. The minimum atomic E-state index is -0.291. The predicted octanol–water partition coefficient (Wildman–Crippen LogP) is 2.35. The summed E-state index contributed by atoms with van der Waals surface area (Å²) in [4.78, 5) is 0. The summed E-state index contributed by atoms with van der Waals surface area (Å²) < 4.78 is 24.7. The first-order valence-electron chi connectivity index (χ1n) is 5.14. The van der Waals surface area contributed by atoms with E-state index in [1.807, 2.05) is 0 Å². The molecule has 1 aliphatic heterocycles. The van der Waals surface area contributed by atoms with Crippen LogP contribution < -0.4 is 15.2 Å². The second kappa shape index (κ2) is 3.34. The standard InChI is InChI=1S/C11H11BrFNO2/c12-8-9(13)6(4-11(14)1-2-11)3-7-10(8)16-5-15-7/h3H,1-2,4-5,14H2. The number of ether oxygens (including phenoxy) is 2. The van der Waals surface area contributed by atoms with E-state index in [0.717, 1.165) is 12.8 Å². The molecule has 0 bridgehead atoms. The van der Waals surface area contributed by atoms with E-state index in [2.05, 4.69) is 15.9 Å². The van der Waals surface area contributed by atoms with Crippen LogP contribution in [0, 0.1) is 5.82 Å². The van der Waals surface area contributed by atoms with Gasteiger partial charge in [0.2, 0.25) is 6.79 Å². The van der Waals surface area contributed by atoms with E-state index in [-0.39, 0.29) is 18.1 Å². The maximum Gasteiger partial charge on any atom is 0.231 e. The zero-order valence-corrected chi connectivity index (χ0v) is 10.1. The molecule has 1 saturated carbocycles. The van der Waals surface area contributed by atoms with Gasteiger partial charge < -0.3 is 15.2 Å². The van der Waals surface area contributed by atoms with E-state index in [9.17, 15) is 4.39 Å². The molecule has 1 aliphatic carbocycles. The predicted molar refractivity (Wildman–Crippen MR) is 60.1 cm³/mol. The Balaban J connectivity index is 2.02. The van der Waals surface area contributed by atoms with Crippen molar-refractivity contribution in [2.24, 2.45) is 5.73 Å². The molecule has 0 saturated heterocycles. The Morgan fingerprint density at radius 2 is 2.19 bits per heavy atom. The highest BCUT2D eigenvalue weighted by Gasteiger charge is 2.39. The highest BCUT2D eigenvalue weighted by Crippen LogP contribution is 2.44. The molecule has 86 valence electrons. The number of nitrogens with two attached hydrogens (primary N) is 1. The van der Waals surface area contributed by atoms with Gasteiger partial charge in [0.25, 0.3) is 0 Å². The van der Waals surface area contributed by atoms with Crippen LogP contribution in [0.4, 0.5) is 4.39 Å². The van der Waals surface area contributed by atoms with Gasteiger partial charge in [0.1, 0.15) is 5.82 Å². The van der Waals surface area contributed by atoms with Crippen molar-refractivity contribution < 1.29 is 13.9 Å². The summed E-state index contributed by atoms with van der Waals surface area (Å²) in [6.45, 7) is 0.143. The number of rotatable bonds is 2. The summed E-state index contributed by atoms with van der Waals surface area (Å²) >= 11 is 3.19. The smallest absolute Gasteiger partial charge is 0.231 e. The lowest BCUT2D eigenvalue weighted by molar-refractivity contribution is 0.173. The molecule has 1 aromatic carbocycles. The lowest BCUT2D eigenvalue weighted by Crippen LogP contribution is -2.25. The van der Waals surface area contributed by atoms with Crippen LogP contribution in [0.15, 0.2) is 10.5 Å². The molecule has 1 aromatic rings. The Morgan fingerprint density at radius 1 is 1.44 bits per heavy atom. The van der Waals surface area contributed by atoms with Crippen molar-refractivity contribution in [3.05, 3.63) is 21.9 Å². The summed E-state index contributed by atoms with van der Waals surface area (Å²) in [6, 6.07) is 1.69. The second-order valence-corrected chi connectivity index (χ2v) is 5.23. The van der Waals surface area contributed by atoms with E-state index in [0.29, 0.717) is 28.0 Å². The summed E-state index contributed by atoms with van der Waals surface area (Å²) in [5, 5.41) is 0. The van der Waals surface area contributed by atoms with E-state index >= 15 is 0 Å². The summed E-state index contributed by atoms with van der Waals surface area (Å²) in [5.74, 6) is 0.747. The van der Waals surface area contributed by atoms with Gasteiger partial charge in [-0.2, -0.15) is 0 Å². The van der Waals surface area contributed by atoms with Gasteiger partial charge in [-0.1, -0.05) is 0 Å². The second-order valence-electron chi connectivity index (χ2n) is 4.44. The maximum atomic E-state index is 14.0. The molecular formula is C11H11BrFNO2. The van der Waals surface area contributed by atoms with Gasteiger partial charge in [0.05, 0.1) is 4.47 Å². The zero-order valence-electron chi connectivity index (χ0n) is 8.56. The third-order valence-corrected chi connectivity index (χ3v) is 3.76. The molecule has 3 nitrogen and oxygen atoms in total. The van der Waals surface area contributed by atoms with Crippen LogP contribution in [-0.4, -0.2) is 12.3 Å². The highest BCUT2D eigenvalue weighted by molar-refractivity contribution is 9.10. The van der Waals surface area contributed by atoms with Crippen LogP contribution in [0.25, 0.3) is 0 Å². The molecule has 1 heterocycles. The summed E-state index contributed by atoms with van der Waals surface area (Å²) in [6.07, 6.45) is 2.46. The fourth-order valence-corrected chi connectivity index (χ4v) is 2.44. The van der Waals surface area contributed by atoms with E-state index in [1.54, 1.807) is 6.07 Å². The Bertz CT molecular complexity index is 460. The summed E-state index contributed by atoms with van der Waals surface area (Å²) in [7, 11) is 0. The molecule has 0 unspecified atom stereocenters. The molecule has 0 aromatic heterocycles. The molecule has 16 heavy (non-hydrogen) atoms. The largest absolute Gasteiger partial charge is 0.454 e. The monoisotopic (exact) mass is 287 g/mol. The maximum absolute atomic E-state index is 14.0. The van der Waals surface area contributed by atoms with Gasteiger partial charge in [-0.05, 0) is 46.8 Å². The van der Waals surface area contributed by atoms with Crippen LogP contribution in [-0.2, 0) is 6.42 Å². The third kappa shape index (κ3) is 1.58. The fourth-order valence-electron chi connectivity index (χ4n) is 1.87. The van der Waals surface area contributed by atoms with Gasteiger partial charge in [-0.3, -0.25) is 0 Å². The molecule has 0 spiro atoms. The number of fused-ring (bicyclic) bond motifs is 1. The molecule has 1 fully saturated rings. The van der Waals surface area contributed by atoms with Crippen molar-refractivity contribution >= 4 is 15.9 Å². The SMILES string of the molecule is NC1(Cc2cc3c(c(Br)c2F)OCO3)CC1. The van der Waals surface area contributed by atoms with E-state index in [1.165, 1.54) is 0 Å². The van der Waals surface area contributed by atoms with Crippen molar-refractivity contribution in [3.63, 3.8) is 0 Å². The molecule has 0 atom stereocenters. The molecule has 2 N–H and O–H groups in total. The minimum absolute atomic E-state index is 0.143. The molecule has 0 radical (unpaired) electrons. The topological polar surface area (TPSA) is 44.5 Å². The van der Waals surface area contributed by atoms with Crippen LogP contribution >= 0.6 is 15.9 Å². The van der Waals surface area contributed by atoms with Crippen molar-refractivity contribution in [2.45, 2.75) is 24.8 Å². The van der Waals surface area contributed by atoms with Crippen LogP contribution in [0.3, 0.4) is 0 Å². The first kappa shape index (κ1) is 10.4. The van der Waals surface area contributed by atoms with Crippen molar-refractivity contribution in [2.75, 3.05) is 6.79 Å². The Labute approximate surface area is 101 Å². The molecule has 5 heteroatoms. The average Bonchev–Trinajstić information content (AvgIpc) is 2.79. The van der Waals surface area contributed by atoms with Crippen molar-refractivity contribution in [3.8, 4) is 11.5 Å². The van der Waals surface area contributed by atoms with Crippen LogP contribution in [0.5, 0.6) is 11.5 Å². The number of halogens is 2. The normalized spacial score (nSPS) is 19.9. The first-order valence-corrected chi connectivity index (χ1v) is 5.94. The van der Waals surface area contributed by atoms with Gasteiger partial charge in [0.15, 0.2) is 11.5 Å². The quantitative estimate of drug-likeness (QED) is 0.908. The lowest BCUT2D eigenvalue weighted by atomic mass is 10.0. The molecule has 3 rings (SSSR count). The highest BCUT2D eigenvalue weighted by atomic mass is 79.9. The first-order chi connectivity index (χ1) is 7.59. The minimum Gasteiger partial charge on any atom is -0.454 e. The van der Waals surface area contributed by atoms with Crippen LogP contribution in [0.2, 0.25) is 0 Å². The number of hydrogen-bond donors (Lipinski definition) is 1. The van der Waals surface area contributed by atoms with Gasteiger partial charge in [-0.25, -0.2) is 4.39 Å². The van der Waals surface area contributed by atoms with E-state index in [4.69, 9.17) is 15.2 Å². The Hall–Kier alpha value is -0.810. The van der Waals surface area contributed by atoms with Crippen LogP contribution in [0.1, 0.15) is 18.4 Å². The zero-order chi connectivity index (χ0) is 11.3. The molecule has 0 amide bonds. The average molecular weight is 288 g/mol. The molecular weight excluding hydrogens is 277 g/mol. The number of hydrogen-bond acceptors (Lipinski definition) is 3. The van der Waals surface area contributed by atoms with Gasteiger partial charge in [0, 0.05) is 5.54 Å². The van der Waals surface area contributed by atoms with Crippen molar-refractivity contribution in [1.29, 1.82) is 0 Å². The Morgan fingerprint density at radius 3 is 2.88 bits per heavy atom. The van der Waals surface area contributed by atoms with E-state index < -0.39 is 0 Å². The van der Waals surface area contributed by atoms with Gasteiger partial charge >= 0.3 is 0 Å². The summed E-state index contributed by atoms with van der Waals surface area (Å²) in [5.41, 5.74) is 6.37. The fraction of sp³-hybridized carbons (Fsp3) is 0.455. The Kier molecular flexibility index (Phi) is 2.16. The van der Waals surface area contributed by atoms with Gasteiger partial charge in [-0.15, -0.1) is 0 Å². The molecule has 2 aliphatic rings. The lowest BCUT2D eigenvalue weighted by Gasteiger charge is -2.11. The number of benzene rings is 1.